The first-order valence-electron chi connectivity index (χ1n) is 6.81. The Labute approximate surface area is 118 Å². The molecule has 19 heavy (non-hydrogen) atoms. The lowest BCUT2D eigenvalue weighted by molar-refractivity contribution is 0.115. The quantitative estimate of drug-likeness (QED) is 0.542. The van der Waals surface area contributed by atoms with Gasteiger partial charge in [0.15, 0.2) is 0 Å². The molecule has 1 atom stereocenters. The van der Waals surface area contributed by atoms with Crippen molar-refractivity contribution in [3.63, 3.8) is 0 Å². The topological polar surface area (TPSA) is 70.7 Å². The fraction of sp³-hybridized carbons (Fsp3) is 1.00. The number of nitrogens with zero attached hydrogens (tertiary/aromatic N) is 1. The lowest BCUT2D eigenvalue weighted by Crippen LogP contribution is -2.48. The molecule has 0 saturated carbocycles. The molecule has 0 spiro atoms. The van der Waals surface area contributed by atoms with Gasteiger partial charge in [0.05, 0.1) is 6.61 Å². The summed E-state index contributed by atoms with van der Waals surface area (Å²) in [6, 6.07) is -0.197. The second kappa shape index (κ2) is 9.66. The molecular formula is C12H29N3O3S. The van der Waals surface area contributed by atoms with Crippen molar-refractivity contribution in [3.05, 3.63) is 0 Å². The van der Waals surface area contributed by atoms with Gasteiger partial charge in [-0.15, -0.1) is 0 Å². The first-order valence-corrected chi connectivity index (χ1v) is 8.25. The molecule has 1 unspecified atom stereocenters. The number of hydrogen-bond donors (Lipinski definition) is 2. The second-order valence-corrected chi connectivity index (χ2v) is 6.72. The highest BCUT2D eigenvalue weighted by molar-refractivity contribution is 7.87. The van der Waals surface area contributed by atoms with E-state index in [9.17, 15) is 8.42 Å². The van der Waals surface area contributed by atoms with Crippen molar-refractivity contribution in [1.82, 2.24) is 14.3 Å². The third kappa shape index (κ3) is 7.84. The maximum Gasteiger partial charge on any atom is 0.279 e. The predicted molar refractivity (Wildman–Crippen MR) is 78.3 cm³/mol. The molecule has 0 aliphatic carbocycles. The fourth-order valence-corrected chi connectivity index (χ4v) is 2.76. The summed E-state index contributed by atoms with van der Waals surface area (Å²) >= 11 is 0. The molecule has 6 nitrogen and oxygen atoms in total. The largest absolute Gasteiger partial charge is 0.380 e. The Hall–Kier alpha value is -0.210. The van der Waals surface area contributed by atoms with Crippen LogP contribution in [0.2, 0.25) is 0 Å². The van der Waals surface area contributed by atoms with Crippen molar-refractivity contribution in [2.24, 2.45) is 5.92 Å². The molecule has 0 aliphatic rings. The van der Waals surface area contributed by atoms with Gasteiger partial charge < -0.3 is 10.1 Å². The Balaban J connectivity index is 4.44. The molecule has 7 heteroatoms. The maximum atomic E-state index is 12.1. The molecule has 2 N–H and O–H groups in total. The van der Waals surface area contributed by atoms with E-state index >= 15 is 0 Å². The summed E-state index contributed by atoms with van der Waals surface area (Å²) in [6.07, 6.45) is 0.783. The Morgan fingerprint density at radius 3 is 2.42 bits per heavy atom. The maximum absolute atomic E-state index is 12.1. The first-order chi connectivity index (χ1) is 8.85. The van der Waals surface area contributed by atoms with E-state index in [2.05, 4.69) is 10.0 Å². The summed E-state index contributed by atoms with van der Waals surface area (Å²) in [5.74, 6) is 0.187. The van der Waals surface area contributed by atoms with E-state index in [1.807, 2.05) is 27.8 Å². The van der Waals surface area contributed by atoms with Gasteiger partial charge in [-0.05, 0) is 32.9 Å². The molecule has 0 heterocycles. The average Bonchev–Trinajstić information content (AvgIpc) is 2.34. The van der Waals surface area contributed by atoms with Crippen molar-refractivity contribution in [3.8, 4) is 0 Å². The highest BCUT2D eigenvalue weighted by Crippen LogP contribution is 2.06. The van der Waals surface area contributed by atoms with Crippen LogP contribution in [0.5, 0.6) is 0 Å². The Bertz CT molecular complexity index is 320. The summed E-state index contributed by atoms with van der Waals surface area (Å²) in [7, 11) is 0.00429. The van der Waals surface area contributed by atoms with Gasteiger partial charge in [-0.3, -0.25) is 0 Å². The van der Waals surface area contributed by atoms with E-state index in [0.717, 1.165) is 13.0 Å². The van der Waals surface area contributed by atoms with Crippen molar-refractivity contribution in [2.75, 3.05) is 40.4 Å². The SMILES string of the molecule is CCOCC(NS(=O)(=O)N(C)CCCNC)C(C)C. The Morgan fingerprint density at radius 2 is 1.95 bits per heavy atom. The van der Waals surface area contributed by atoms with Crippen molar-refractivity contribution >= 4 is 10.2 Å². The van der Waals surface area contributed by atoms with Crippen LogP contribution in [0.3, 0.4) is 0 Å². The summed E-state index contributed by atoms with van der Waals surface area (Å²) in [5.41, 5.74) is 0. The van der Waals surface area contributed by atoms with Crippen LogP contribution in [-0.4, -0.2) is 59.2 Å². The van der Waals surface area contributed by atoms with Gasteiger partial charge in [0.2, 0.25) is 0 Å². The van der Waals surface area contributed by atoms with Crippen molar-refractivity contribution in [2.45, 2.75) is 33.2 Å². The van der Waals surface area contributed by atoms with Gasteiger partial charge in [0.25, 0.3) is 10.2 Å². The van der Waals surface area contributed by atoms with Crippen molar-refractivity contribution in [1.29, 1.82) is 0 Å². The Morgan fingerprint density at radius 1 is 1.32 bits per heavy atom. The summed E-state index contributed by atoms with van der Waals surface area (Å²) < 4.78 is 33.7. The van der Waals surface area contributed by atoms with Crippen LogP contribution in [0.25, 0.3) is 0 Å². The highest BCUT2D eigenvalue weighted by Gasteiger charge is 2.24. The first kappa shape index (κ1) is 18.8. The normalized spacial score (nSPS) is 14.3. The molecule has 0 rings (SSSR count). The Kier molecular flexibility index (Phi) is 9.55. The smallest absolute Gasteiger partial charge is 0.279 e. The van der Waals surface area contributed by atoms with Crippen LogP contribution in [0.4, 0.5) is 0 Å². The number of nitrogens with one attached hydrogen (secondary N) is 2. The van der Waals surface area contributed by atoms with Crippen LogP contribution < -0.4 is 10.0 Å². The minimum Gasteiger partial charge on any atom is -0.380 e. The third-order valence-electron chi connectivity index (χ3n) is 2.92. The molecule has 0 aliphatic heterocycles. The molecule has 0 aromatic rings. The minimum absolute atomic E-state index is 0.187. The number of rotatable bonds is 11. The van der Waals surface area contributed by atoms with E-state index in [1.165, 1.54) is 4.31 Å². The summed E-state index contributed by atoms with van der Waals surface area (Å²) in [5, 5.41) is 3.00. The lowest BCUT2D eigenvalue weighted by atomic mass is 10.1. The van der Waals surface area contributed by atoms with Crippen LogP contribution >= 0.6 is 0 Å². The zero-order chi connectivity index (χ0) is 14.9. The van der Waals surface area contributed by atoms with Crippen LogP contribution in [0, 0.1) is 5.92 Å². The third-order valence-corrected chi connectivity index (χ3v) is 4.52. The highest BCUT2D eigenvalue weighted by atomic mass is 32.2. The number of hydrogen-bond acceptors (Lipinski definition) is 4. The molecule has 0 radical (unpaired) electrons. The molecular weight excluding hydrogens is 266 g/mol. The van der Waals surface area contributed by atoms with Gasteiger partial charge >= 0.3 is 0 Å². The molecule has 0 bridgehead atoms. The van der Waals surface area contributed by atoms with Crippen molar-refractivity contribution < 1.29 is 13.2 Å². The van der Waals surface area contributed by atoms with E-state index in [0.29, 0.717) is 19.8 Å². The second-order valence-electron chi connectivity index (χ2n) is 4.91. The lowest BCUT2D eigenvalue weighted by Gasteiger charge is -2.25. The van der Waals surface area contributed by atoms with E-state index in [1.54, 1.807) is 7.05 Å². The van der Waals surface area contributed by atoms with Gasteiger partial charge in [-0.1, -0.05) is 13.8 Å². The predicted octanol–water partition coefficient (Wildman–Crippen LogP) is 0.423. The van der Waals surface area contributed by atoms with Gasteiger partial charge in [0.1, 0.15) is 0 Å². The summed E-state index contributed by atoms with van der Waals surface area (Å²) in [4.78, 5) is 0. The van der Waals surface area contributed by atoms with Gasteiger partial charge in [0, 0.05) is 26.2 Å². The molecule has 0 saturated heterocycles. The fourth-order valence-electron chi connectivity index (χ4n) is 1.49. The average molecular weight is 295 g/mol. The van der Waals surface area contributed by atoms with Crippen LogP contribution in [0.1, 0.15) is 27.2 Å². The van der Waals surface area contributed by atoms with Crippen LogP contribution in [0.15, 0.2) is 0 Å². The molecule has 0 aromatic carbocycles. The van der Waals surface area contributed by atoms with E-state index < -0.39 is 10.2 Å². The zero-order valence-corrected chi connectivity index (χ0v) is 13.6. The van der Waals surface area contributed by atoms with E-state index in [4.69, 9.17) is 4.74 Å². The zero-order valence-electron chi connectivity index (χ0n) is 12.8. The van der Waals surface area contributed by atoms with Gasteiger partial charge in [-0.2, -0.15) is 17.4 Å². The molecule has 0 aromatic heterocycles. The van der Waals surface area contributed by atoms with E-state index in [-0.39, 0.29) is 12.0 Å². The summed E-state index contributed by atoms with van der Waals surface area (Å²) in [6.45, 7) is 8.14. The standard InChI is InChI=1S/C12H29N3O3S/c1-6-18-10-12(11(2)3)14-19(16,17)15(5)9-7-8-13-4/h11-14H,6-10H2,1-5H3. The van der Waals surface area contributed by atoms with Crippen LogP contribution in [-0.2, 0) is 14.9 Å². The van der Waals surface area contributed by atoms with Gasteiger partial charge in [-0.25, -0.2) is 0 Å². The number of ether oxygens (including phenoxy) is 1. The molecule has 0 fully saturated rings. The molecule has 0 amide bonds. The molecule has 116 valence electrons. The monoisotopic (exact) mass is 295 g/mol. The minimum atomic E-state index is -3.44.